The monoisotopic (exact) mass is 551 g/mol. The van der Waals surface area contributed by atoms with Crippen molar-refractivity contribution in [3.8, 4) is 11.4 Å². The average Bonchev–Trinajstić information content (AvgIpc) is 3.71. The number of carbonyl (C=O) groups is 2. The Bertz CT molecular complexity index is 1700. The van der Waals surface area contributed by atoms with Gasteiger partial charge in [0.2, 0.25) is 5.91 Å². The van der Waals surface area contributed by atoms with E-state index in [2.05, 4.69) is 5.32 Å². The molecule has 0 unspecified atom stereocenters. The second kappa shape index (κ2) is 8.36. The number of nitrogens with zero attached hydrogens (tertiary/aromatic N) is 2. The summed E-state index contributed by atoms with van der Waals surface area (Å²) >= 11 is 1.43. The molecule has 1 saturated carbocycles. The molecule has 39 heavy (non-hydrogen) atoms. The van der Waals surface area contributed by atoms with E-state index in [4.69, 9.17) is 9.72 Å². The lowest BCUT2D eigenvalue weighted by molar-refractivity contribution is -0.172. The van der Waals surface area contributed by atoms with Crippen LogP contribution in [0.15, 0.2) is 21.8 Å². The molecule has 2 aromatic heterocycles. The van der Waals surface area contributed by atoms with Gasteiger partial charge < -0.3 is 24.8 Å². The third-order valence-electron chi connectivity index (χ3n) is 8.56. The van der Waals surface area contributed by atoms with Crippen molar-refractivity contribution in [1.29, 1.82) is 0 Å². The van der Waals surface area contributed by atoms with E-state index in [0.717, 1.165) is 28.7 Å². The number of benzene rings is 1. The van der Waals surface area contributed by atoms with E-state index in [1.54, 1.807) is 19.9 Å². The Hall–Kier alpha value is -3.28. The molecule has 4 aliphatic rings. The lowest BCUT2D eigenvalue weighted by atomic mass is 9.86. The second-order valence-electron chi connectivity index (χ2n) is 10.8. The first-order valence-electron chi connectivity index (χ1n) is 13.1. The number of pyridine rings is 2. The SMILES string of the molecule is CC[C@@]1(O)C(=O)OCc2c1cc1n(c2=O)Cc2c-1nc1cc(F)c(C)c3c1c2[C@H](NC(=O)[C@H](O)C1CC1)CS3. The molecule has 202 valence electrons. The number of thioether (sulfide) groups is 1. The molecular weight excluding hydrogens is 525 g/mol. The fourth-order valence-corrected chi connectivity index (χ4v) is 7.38. The molecule has 3 aliphatic heterocycles. The first kappa shape index (κ1) is 24.7. The number of carbonyl (C=O) groups excluding carboxylic acids is 2. The molecule has 1 aliphatic carbocycles. The average molecular weight is 552 g/mol. The standard InChI is InChI=1S/C28H26FN3O6S/c1-3-28(37)15-6-19-22-13(8-32(19)26(35)14(15)9-38-27(28)36)20-18(31-25(34)23(33)12-4-5-12)10-39-24-11(2)16(29)7-17(30-22)21(20)24/h6-7,12,18,23,33,37H,3-5,8-10H2,1-2H3,(H,31,34)/t18-,23-,28+/m1/s1. The van der Waals surface area contributed by atoms with E-state index < -0.39 is 41.0 Å². The van der Waals surface area contributed by atoms with Gasteiger partial charge in [0.05, 0.1) is 35.1 Å². The van der Waals surface area contributed by atoms with E-state index in [1.807, 2.05) is 0 Å². The smallest absolute Gasteiger partial charge is 0.343 e. The fraction of sp³-hybridized carbons (Fsp3) is 0.429. The van der Waals surface area contributed by atoms with Crippen LogP contribution in [0.3, 0.4) is 0 Å². The minimum atomic E-state index is -1.96. The van der Waals surface area contributed by atoms with Crippen LogP contribution in [-0.4, -0.2) is 43.5 Å². The lowest BCUT2D eigenvalue weighted by Crippen LogP contribution is -2.44. The number of hydrogen-bond donors (Lipinski definition) is 3. The number of amides is 1. The van der Waals surface area contributed by atoms with Crippen LogP contribution >= 0.6 is 11.8 Å². The van der Waals surface area contributed by atoms with Crippen LogP contribution in [-0.2, 0) is 33.1 Å². The summed E-state index contributed by atoms with van der Waals surface area (Å²) in [6.45, 7) is 3.27. The molecule has 1 fully saturated rings. The van der Waals surface area contributed by atoms with Gasteiger partial charge >= 0.3 is 5.97 Å². The van der Waals surface area contributed by atoms with Crippen molar-refractivity contribution in [2.75, 3.05) is 5.75 Å². The molecule has 7 rings (SSSR count). The topological polar surface area (TPSA) is 131 Å². The normalized spacial score (nSPS) is 23.6. The van der Waals surface area contributed by atoms with Gasteiger partial charge in [-0.2, -0.15) is 0 Å². The highest BCUT2D eigenvalue weighted by molar-refractivity contribution is 7.99. The van der Waals surface area contributed by atoms with Crippen molar-refractivity contribution in [2.24, 2.45) is 5.92 Å². The predicted octanol–water partition coefficient (Wildman–Crippen LogP) is 2.56. The molecule has 5 heterocycles. The molecule has 0 saturated heterocycles. The third kappa shape index (κ3) is 3.39. The summed E-state index contributed by atoms with van der Waals surface area (Å²) in [5.41, 5.74) is 1.26. The van der Waals surface area contributed by atoms with Crippen molar-refractivity contribution in [3.05, 3.63) is 56.1 Å². The minimum Gasteiger partial charge on any atom is -0.458 e. The number of halogens is 1. The predicted molar refractivity (Wildman–Crippen MR) is 140 cm³/mol. The number of hydrogen-bond acceptors (Lipinski definition) is 8. The number of rotatable bonds is 4. The summed E-state index contributed by atoms with van der Waals surface area (Å²) in [5, 5.41) is 25.4. The zero-order valence-corrected chi connectivity index (χ0v) is 22.2. The summed E-state index contributed by atoms with van der Waals surface area (Å²) in [6.07, 6.45) is 0.549. The Labute approximate surface area is 226 Å². The largest absolute Gasteiger partial charge is 0.458 e. The molecule has 0 spiro atoms. The number of esters is 1. The van der Waals surface area contributed by atoms with Gasteiger partial charge in [0.1, 0.15) is 18.5 Å². The van der Waals surface area contributed by atoms with Gasteiger partial charge in [-0.15, -0.1) is 11.8 Å². The van der Waals surface area contributed by atoms with Crippen LogP contribution in [0.1, 0.15) is 60.0 Å². The maximum absolute atomic E-state index is 15.0. The van der Waals surface area contributed by atoms with E-state index in [9.17, 15) is 29.0 Å². The molecule has 3 N–H and O–H groups in total. The molecule has 0 radical (unpaired) electrons. The van der Waals surface area contributed by atoms with Crippen molar-refractivity contribution < 1.29 is 28.9 Å². The number of aliphatic hydroxyl groups excluding tert-OH is 1. The third-order valence-corrected chi connectivity index (χ3v) is 9.86. The van der Waals surface area contributed by atoms with Gasteiger partial charge in [-0.3, -0.25) is 9.59 Å². The van der Waals surface area contributed by atoms with Gasteiger partial charge in [-0.25, -0.2) is 14.2 Å². The van der Waals surface area contributed by atoms with Crippen molar-refractivity contribution >= 4 is 34.5 Å². The number of nitrogens with one attached hydrogen (secondary N) is 1. The molecule has 1 amide bonds. The molecule has 3 aromatic rings. The zero-order chi connectivity index (χ0) is 27.4. The number of fused-ring (bicyclic) bond motifs is 5. The highest BCUT2D eigenvalue weighted by Crippen LogP contribution is 2.48. The Kier molecular flexibility index (Phi) is 5.30. The van der Waals surface area contributed by atoms with Gasteiger partial charge in [0.15, 0.2) is 5.60 Å². The van der Waals surface area contributed by atoms with Crippen LogP contribution in [0.5, 0.6) is 0 Å². The molecule has 11 heteroatoms. The van der Waals surface area contributed by atoms with E-state index in [-0.39, 0.29) is 36.6 Å². The first-order chi connectivity index (χ1) is 18.6. The summed E-state index contributed by atoms with van der Waals surface area (Å²) in [5.74, 6) is -1.27. The number of ether oxygens (including phenoxy) is 1. The van der Waals surface area contributed by atoms with Crippen molar-refractivity contribution in [3.63, 3.8) is 0 Å². The van der Waals surface area contributed by atoms with Crippen molar-refractivity contribution in [1.82, 2.24) is 14.9 Å². The summed E-state index contributed by atoms with van der Waals surface area (Å²) in [6, 6.07) is 2.48. The Morgan fingerprint density at radius 1 is 1.33 bits per heavy atom. The van der Waals surface area contributed by atoms with Gasteiger partial charge in [0, 0.05) is 33.2 Å². The van der Waals surface area contributed by atoms with Gasteiger partial charge in [-0.1, -0.05) is 6.92 Å². The first-order valence-corrected chi connectivity index (χ1v) is 14.1. The Morgan fingerprint density at radius 2 is 2.10 bits per heavy atom. The summed E-state index contributed by atoms with van der Waals surface area (Å²) < 4.78 is 21.7. The van der Waals surface area contributed by atoms with E-state index >= 15 is 0 Å². The van der Waals surface area contributed by atoms with E-state index in [1.165, 1.54) is 22.4 Å². The van der Waals surface area contributed by atoms with Crippen LogP contribution < -0.4 is 10.9 Å². The summed E-state index contributed by atoms with van der Waals surface area (Å²) in [4.78, 5) is 44.7. The number of cyclic esters (lactones) is 1. The van der Waals surface area contributed by atoms with Crippen LogP contribution in [0, 0.1) is 18.7 Å². The van der Waals surface area contributed by atoms with E-state index in [0.29, 0.717) is 33.8 Å². The molecule has 1 aromatic carbocycles. The van der Waals surface area contributed by atoms with Crippen LogP contribution in [0.25, 0.3) is 22.3 Å². The molecule has 9 nitrogen and oxygen atoms in total. The second-order valence-corrected chi connectivity index (χ2v) is 11.8. The maximum atomic E-state index is 15.0. The van der Waals surface area contributed by atoms with Crippen molar-refractivity contribution in [2.45, 2.75) is 68.9 Å². The number of aliphatic hydroxyl groups is 2. The summed E-state index contributed by atoms with van der Waals surface area (Å²) in [7, 11) is 0. The molecule has 0 bridgehead atoms. The maximum Gasteiger partial charge on any atom is 0.343 e. The lowest BCUT2D eigenvalue weighted by Gasteiger charge is -2.31. The minimum absolute atomic E-state index is 0.0213. The highest BCUT2D eigenvalue weighted by Gasteiger charge is 2.46. The quantitative estimate of drug-likeness (QED) is 0.330. The Balaban J connectivity index is 1.46. The van der Waals surface area contributed by atoms with Gasteiger partial charge in [-0.05, 0) is 49.3 Å². The molecule has 3 atom stereocenters. The fourth-order valence-electron chi connectivity index (χ4n) is 6.12. The van der Waals surface area contributed by atoms with Crippen LogP contribution in [0.4, 0.5) is 4.39 Å². The zero-order valence-electron chi connectivity index (χ0n) is 21.3. The Morgan fingerprint density at radius 3 is 2.82 bits per heavy atom. The highest BCUT2D eigenvalue weighted by atomic mass is 32.2. The number of aromatic nitrogens is 2. The van der Waals surface area contributed by atoms with Gasteiger partial charge in [0.25, 0.3) is 5.56 Å². The molecular formula is C28H26FN3O6S. The van der Waals surface area contributed by atoms with Crippen LogP contribution in [0.2, 0.25) is 0 Å².